The van der Waals surface area contributed by atoms with Crippen molar-refractivity contribution in [3.63, 3.8) is 0 Å². The minimum Gasteiger partial charge on any atom is -0.234 e. The first-order valence-corrected chi connectivity index (χ1v) is 8.05. The Morgan fingerprint density at radius 3 is 2.63 bits per heavy atom. The highest BCUT2D eigenvalue weighted by Crippen LogP contribution is 2.24. The SMILES string of the molecule is CC(C)(C)[S@@](=O)N=Cc1cccc(-c2cccs2)c1. The predicted molar refractivity (Wildman–Crippen MR) is 85.2 cm³/mol. The minimum atomic E-state index is -1.21. The summed E-state index contributed by atoms with van der Waals surface area (Å²) in [5.41, 5.74) is 2.14. The van der Waals surface area contributed by atoms with Crippen LogP contribution in [0.3, 0.4) is 0 Å². The Hall–Kier alpha value is -1.26. The van der Waals surface area contributed by atoms with E-state index in [1.807, 2.05) is 39.0 Å². The molecule has 1 aromatic carbocycles. The van der Waals surface area contributed by atoms with Crippen molar-refractivity contribution in [3.05, 3.63) is 47.3 Å². The summed E-state index contributed by atoms with van der Waals surface area (Å²) in [6.45, 7) is 5.76. The molecule has 0 bridgehead atoms. The van der Waals surface area contributed by atoms with Crippen LogP contribution < -0.4 is 0 Å². The van der Waals surface area contributed by atoms with Gasteiger partial charge in [0.2, 0.25) is 0 Å². The zero-order chi connectivity index (χ0) is 13.9. The smallest absolute Gasteiger partial charge is 0.144 e. The summed E-state index contributed by atoms with van der Waals surface area (Å²) in [4.78, 5) is 1.23. The lowest BCUT2D eigenvalue weighted by molar-refractivity contribution is 0.651. The van der Waals surface area contributed by atoms with Gasteiger partial charge in [-0.25, -0.2) is 4.21 Å². The number of nitrogens with zero attached hydrogens (tertiary/aromatic N) is 1. The van der Waals surface area contributed by atoms with E-state index in [0.29, 0.717) is 0 Å². The lowest BCUT2D eigenvalue weighted by Gasteiger charge is -2.12. The number of rotatable bonds is 3. The zero-order valence-electron chi connectivity index (χ0n) is 11.3. The van der Waals surface area contributed by atoms with E-state index in [9.17, 15) is 4.21 Å². The van der Waals surface area contributed by atoms with E-state index in [1.165, 1.54) is 10.4 Å². The molecule has 0 unspecified atom stereocenters. The number of hydrogen-bond donors (Lipinski definition) is 0. The third-order valence-electron chi connectivity index (χ3n) is 2.51. The van der Waals surface area contributed by atoms with Crippen LogP contribution in [0.1, 0.15) is 26.3 Å². The molecular weight excluding hydrogens is 274 g/mol. The number of benzene rings is 1. The molecule has 0 amide bonds. The van der Waals surface area contributed by atoms with Crippen LogP contribution in [-0.2, 0) is 11.0 Å². The fourth-order valence-electron chi connectivity index (χ4n) is 1.48. The van der Waals surface area contributed by atoms with E-state index >= 15 is 0 Å². The van der Waals surface area contributed by atoms with Crippen molar-refractivity contribution in [1.82, 2.24) is 0 Å². The molecule has 19 heavy (non-hydrogen) atoms. The van der Waals surface area contributed by atoms with Gasteiger partial charge in [-0.1, -0.05) is 24.3 Å². The van der Waals surface area contributed by atoms with Gasteiger partial charge in [0.1, 0.15) is 11.0 Å². The normalized spacial score (nSPS) is 13.8. The second-order valence-corrected chi connectivity index (χ2v) is 8.08. The van der Waals surface area contributed by atoms with Crippen molar-refractivity contribution in [2.24, 2.45) is 4.40 Å². The molecule has 2 nitrogen and oxygen atoms in total. The summed E-state index contributed by atoms with van der Waals surface area (Å²) in [7, 11) is -1.21. The van der Waals surface area contributed by atoms with E-state index in [4.69, 9.17) is 0 Å². The average Bonchev–Trinajstić information content (AvgIpc) is 2.89. The Morgan fingerprint density at radius 1 is 1.21 bits per heavy atom. The highest BCUT2D eigenvalue weighted by Gasteiger charge is 2.18. The highest BCUT2D eigenvalue weighted by atomic mass is 32.2. The summed E-state index contributed by atoms with van der Waals surface area (Å²) in [6.07, 6.45) is 1.69. The monoisotopic (exact) mass is 291 g/mol. The Kier molecular flexibility index (Phi) is 4.32. The Bertz CT molecular complexity index is 595. The maximum Gasteiger partial charge on any atom is 0.144 e. The van der Waals surface area contributed by atoms with Crippen molar-refractivity contribution in [2.75, 3.05) is 0 Å². The molecule has 1 aromatic heterocycles. The molecule has 0 fully saturated rings. The van der Waals surface area contributed by atoms with Crippen LogP contribution >= 0.6 is 11.3 Å². The van der Waals surface area contributed by atoms with Crippen LogP contribution in [0.2, 0.25) is 0 Å². The van der Waals surface area contributed by atoms with Gasteiger partial charge in [-0.2, -0.15) is 4.40 Å². The Labute approximate surface area is 120 Å². The van der Waals surface area contributed by atoms with E-state index in [-0.39, 0.29) is 4.75 Å². The van der Waals surface area contributed by atoms with Gasteiger partial charge in [-0.3, -0.25) is 0 Å². The van der Waals surface area contributed by atoms with Gasteiger partial charge in [-0.05, 0) is 49.4 Å². The van der Waals surface area contributed by atoms with Crippen LogP contribution in [-0.4, -0.2) is 15.2 Å². The number of thiophene rings is 1. The molecule has 2 aromatic rings. The second kappa shape index (κ2) is 5.80. The lowest BCUT2D eigenvalue weighted by atomic mass is 10.1. The Morgan fingerprint density at radius 2 is 2.00 bits per heavy atom. The van der Waals surface area contributed by atoms with E-state index in [0.717, 1.165) is 5.56 Å². The van der Waals surface area contributed by atoms with Crippen molar-refractivity contribution >= 4 is 28.5 Å². The van der Waals surface area contributed by atoms with E-state index in [1.54, 1.807) is 17.6 Å². The largest absolute Gasteiger partial charge is 0.234 e. The van der Waals surface area contributed by atoms with E-state index in [2.05, 4.69) is 28.0 Å². The first-order chi connectivity index (χ1) is 8.97. The van der Waals surface area contributed by atoms with Gasteiger partial charge in [0.05, 0.1) is 4.75 Å². The standard InChI is InChI=1S/C15H17NOS2/c1-15(2,3)19(17)16-11-12-6-4-7-13(10-12)14-8-5-9-18-14/h4-11H,1-3H3/t19-/m1/s1. The molecule has 1 atom stereocenters. The average molecular weight is 291 g/mol. The third kappa shape index (κ3) is 3.85. The second-order valence-electron chi connectivity index (χ2n) is 5.20. The molecular formula is C15H17NOS2. The molecule has 0 aliphatic rings. The molecule has 2 rings (SSSR count). The third-order valence-corrected chi connectivity index (χ3v) is 4.78. The van der Waals surface area contributed by atoms with Gasteiger partial charge in [0, 0.05) is 11.1 Å². The van der Waals surface area contributed by atoms with Gasteiger partial charge in [0.25, 0.3) is 0 Å². The highest BCUT2D eigenvalue weighted by molar-refractivity contribution is 7.85. The quantitative estimate of drug-likeness (QED) is 0.775. The van der Waals surface area contributed by atoms with Crippen LogP contribution in [0.5, 0.6) is 0 Å². The van der Waals surface area contributed by atoms with Gasteiger partial charge >= 0.3 is 0 Å². The summed E-state index contributed by atoms with van der Waals surface area (Å²) in [6, 6.07) is 12.2. The summed E-state index contributed by atoms with van der Waals surface area (Å²) >= 11 is 1.71. The lowest BCUT2D eigenvalue weighted by Crippen LogP contribution is -2.19. The van der Waals surface area contributed by atoms with Crippen LogP contribution in [0.4, 0.5) is 0 Å². The molecule has 0 N–H and O–H groups in total. The maximum atomic E-state index is 11.9. The van der Waals surface area contributed by atoms with Crippen molar-refractivity contribution in [2.45, 2.75) is 25.5 Å². The van der Waals surface area contributed by atoms with Gasteiger partial charge in [-0.15, -0.1) is 11.3 Å². The Balaban J connectivity index is 2.21. The summed E-state index contributed by atoms with van der Waals surface area (Å²) in [5, 5.41) is 2.06. The molecule has 4 heteroatoms. The van der Waals surface area contributed by atoms with E-state index < -0.39 is 11.0 Å². The van der Waals surface area contributed by atoms with Gasteiger partial charge in [0.15, 0.2) is 0 Å². The molecule has 100 valence electrons. The predicted octanol–water partition coefficient (Wildman–Crippen LogP) is 4.30. The minimum absolute atomic E-state index is 0.318. The molecule has 0 spiro atoms. The molecule has 0 radical (unpaired) electrons. The zero-order valence-corrected chi connectivity index (χ0v) is 12.9. The molecule has 0 saturated heterocycles. The molecule has 0 aliphatic carbocycles. The topological polar surface area (TPSA) is 29.4 Å². The van der Waals surface area contributed by atoms with Crippen molar-refractivity contribution in [3.8, 4) is 10.4 Å². The molecule has 0 aliphatic heterocycles. The fraction of sp³-hybridized carbons (Fsp3) is 0.267. The van der Waals surface area contributed by atoms with Crippen LogP contribution in [0.25, 0.3) is 10.4 Å². The van der Waals surface area contributed by atoms with Crippen molar-refractivity contribution in [1.29, 1.82) is 0 Å². The first-order valence-electron chi connectivity index (χ1n) is 6.07. The van der Waals surface area contributed by atoms with Crippen LogP contribution in [0, 0.1) is 0 Å². The first kappa shape index (κ1) is 14.2. The van der Waals surface area contributed by atoms with Gasteiger partial charge < -0.3 is 0 Å². The van der Waals surface area contributed by atoms with Crippen LogP contribution in [0.15, 0.2) is 46.2 Å². The molecule has 0 saturated carbocycles. The molecule has 1 heterocycles. The van der Waals surface area contributed by atoms with Crippen molar-refractivity contribution < 1.29 is 4.21 Å². The fourth-order valence-corrected chi connectivity index (χ4v) is 2.74. The number of hydrogen-bond acceptors (Lipinski definition) is 2. The summed E-state index contributed by atoms with van der Waals surface area (Å²) < 4.78 is 15.7. The maximum absolute atomic E-state index is 11.9. The summed E-state index contributed by atoms with van der Waals surface area (Å²) in [5.74, 6) is 0.